The fourth-order valence-corrected chi connectivity index (χ4v) is 7.26. The molecule has 150 valence electrons. The summed E-state index contributed by atoms with van der Waals surface area (Å²) in [5, 5.41) is 4.18. The van der Waals surface area contributed by atoms with Crippen molar-refractivity contribution < 1.29 is 16.8 Å². The van der Waals surface area contributed by atoms with Crippen LogP contribution in [0.25, 0.3) is 0 Å². The predicted molar refractivity (Wildman–Crippen MR) is 107 cm³/mol. The molecule has 0 bridgehead atoms. The monoisotopic (exact) mass is 412 g/mol. The van der Waals surface area contributed by atoms with Crippen LogP contribution >= 0.6 is 0 Å². The predicted octanol–water partition coefficient (Wildman–Crippen LogP) is 3.31. The third-order valence-electron chi connectivity index (χ3n) is 5.32. The fraction of sp³-hybridized carbons (Fsp3) is 0.632. The van der Waals surface area contributed by atoms with Crippen molar-refractivity contribution in [2.75, 3.05) is 11.5 Å². The third kappa shape index (κ3) is 4.71. The minimum atomic E-state index is -3.90. The second-order valence-corrected chi connectivity index (χ2v) is 11.8. The van der Waals surface area contributed by atoms with E-state index in [1.807, 2.05) is 12.1 Å². The number of nitrogens with zero attached hydrogens (tertiary/aromatic N) is 2. The molecular formula is C19H28N2O4S2. The molecule has 6 nitrogen and oxygen atoms in total. The van der Waals surface area contributed by atoms with Crippen molar-refractivity contribution in [3.8, 4) is 0 Å². The summed E-state index contributed by atoms with van der Waals surface area (Å²) in [5.41, 5.74) is 1.75. The Kier molecular flexibility index (Phi) is 5.96. The zero-order valence-electron chi connectivity index (χ0n) is 16.0. The molecule has 2 aliphatic rings. The molecule has 1 aliphatic heterocycles. The van der Waals surface area contributed by atoms with Crippen molar-refractivity contribution in [1.82, 2.24) is 4.41 Å². The average Bonchev–Trinajstić information content (AvgIpc) is 3.00. The summed E-state index contributed by atoms with van der Waals surface area (Å²) in [7, 11) is -7.11. The maximum atomic E-state index is 13.2. The zero-order chi connectivity index (χ0) is 19.7. The number of hydrazone groups is 1. The maximum Gasteiger partial charge on any atom is 0.279 e. The van der Waals surface area contributed by atoms with Gasteiger partial charge in [-0.2, -0.15) is 17.9 Å². The highest BCUT2D eigenvalue weighted by molar-refractivity contribution is 7.92. The Balaban J connectivity index is 1.88. The van der Waals surface area contributed by atoms with Gasteiger partial charge in [-0.3, -0.25) is 0 Å². The maximum absolute atomic E-state index is 13.2. The van der Waals surface area contributed by atoms with Crippen molar-refractivity contribution in [2.45, 2.75) is 69.2 Å². The van der Waals surface area contributed by atoms with Gasteiger partial charge in [0.05, 0.1) is 22.4 Å². The molecule has 0 unspecified atom stereocenters. The van der Waals surface area contributed by atoms with E-state index in [0.717, 1.165) is 17.3 Å². The van der Waals surface area contributed by atoms with Crippen LogP contribution in [-0.4, -0.2) is 44.5 Å². The summed E-state index contributed by atoms with van der Waals surface area (Å²) >= 11 is 0. The molecule has 0 radical (unpaired) electrons. The third-order valence-corrected chi connectivity index (χ3v) is 8.81. The first-order chi connectivity index (χ1) is 12.7. The Morgan fingerprint density at radius 3 is 2.19 bits per heavy atom. The smallest absolute Gasteiger partial charge is 0.229 e. The molecule has 27 heavy (non-hydrogen) atoms. The number of sulfonamides is 1. The standard InChI is InChI=1S/C19H28N2O4S2/c1-15(2)20-21(18-12-13-26(22,23)14-18)27(24,25)19-10-8-17(9-11-19)16-6-4-3-5-7-16/h8-11,16,18H,3-7,12-14H2,1-2H3/t18-/m1/s1. The lowest BCUT2D eigenvalue weighted by Crippen LogP contribution is -2.37. The van der Waals surface area contributed by atoms with Crippen LogP contribution in [-0.2, 0) is 19.9 Å². The molecule has 1 aromatic carbocycles. The Bertz CT molecular complexity index is 896. The molecule has 1 heterocycles. The van der Waals surface area contributed by atoms with E-state index in [2.05, 4.69) is 5.10 Å². The second-order valence-electron chi connectivity index (χ2n) is 7.79. The Hall–Kier alpha value is -1.41. The molecular weight excluding hydrogens is 384 g/mol. The number of hydrogen-bond acceptors (Lipinski definition) is 5. The van der Waals surface area contributed by atoms with Crippen LogP contribution in [0.15, 0.2) is 34.3 Å². The highest BCUT2D eigenvalue weighted by Gasteiger charge is 2.38. The molecule has 1 saturated heterocycles. The van der Waals surface area contributed by atoms with Crippen molar-refractivity contribution in [1.29, 1.82) is 0 Å². The summed E-state index contributed by atoms with van der Waals surface area (Å²) in [4.78, 5) is 0.163. The normalized spacial score (nSPS) is 23.1. The molecule has 1 aromatic rings. The Morgan fingerprint density at radius 2 is 1.67 bits per heavy atom. The first kappa shape index (κ1) is 20.3. The van der Waals surface area contributed by atoms with Gasteiger partial charge in [-0.25, -0.2) is 8.42 Å². The molecule has 8 heteroatoms. The van der Waals surface area contributed by atoms with Crippen LogP contribution in [0.3, 0.4) is 0 Å². The van der Waals surface area contributed by atoms with Crippen LogP contribution in [0, 0.1) is 0 Å². The number of benzene rings is 1. The van der Waals surface area contributed by atoms with Gasteiger partial charge in [0.1, 0.15) is 0 Å². The van der Waals surface area contributed by atoms with E-state index in [1.54, 1.807) is 26.0 Å². The van der Waals surface area contributed by atoms with Gasteiger partial charge in [0.15, 0.2) is 9.84 Å². The van der Waals surface area contributed by atoms with Crippen molar-refractivity contribution in [3.05, 3.63) is 29.8 Å². The lowest BCUT2D eigenvalue weighted by molar-refractivity contribution is 0.355. The molecule has 0 N–H and O–H groups in total. The number of sulfone groups is 1. The topological polar surface area (TPSA) is 83.9 Å². The largest absolute Gasteiger partial charge is 0.279 e. The van der Waals surface area contributed by atoms with E-state index in [0.29, 0.717) is 11.6 Å². The fourth-order valence-electron chi connectivity index (χ4n) is 3.93. The van der Waals surface area contributed by atoms with Gasteiger partial charge >= 0.3 is 0 Å². The molecule has 1 atom stereocenters. The summed E-state index contributed by atoms with van der Waals surface area (Å²) in [6, 6.07) is 6.42. The molecule has 2 fully saturated rings. The van der Waals surface area contributed by atoms with Gasteiger partial charge in [-0.1, -0.05) is 31.4 Å². The van der Waals surface area contributed by atoms with Gasteiger partial charge in [0.25, 0.3) is 10.0 Å². The minimum absolute atomic E-state index is 0.00257. The van der Waals surface area contributed by atoms with Gasteiger partial charge in [0, 0.05) is 5.71 Å². The van der Waals surface area contributed by atoms with E-state index in [-0.39, 0.29) is 22.8 Å². The SMILES string of the molecule is CC(C)=NN([C@@H]1CCS(=O)(=O)C1)S(=O)(=O)c1ccc(C2CCCCC2)cc1. The summed E-state index contributed by atoms with van der Waals surface area (Å²) in [5.74, 6) is 0.327. The zero-order valence-corrected chi connectivity index (χ0v) is 17.6. The number of hydrogen-bond donors (Lipinski definition) is 0. The van der Waals surface area contributed by atoms with Crippen LogP contribution in [0.4, 0.5) is 0 Å². The van der Waals surface area contributed by atoms with Gasteiger partial charge in [-0.05, 0) is 56.7 Å². The molecule has 0 amide bonds. The van der Waals surface area contributed by atoms with E-state index in [1.165, 1.54) is 24.8 Å². The van der Waals surface area contributed by atoms with E-state index in [4.69, 9.17) is 0 Å². The molecule has 0 spiro atoms. The quantitative estimate of drug-likeness (QED) is 0.549. The van der Waals surface area contributed by atoms with E-state index < -0.39 is 25.9 Å². The number of rotatable bonds is 5. The molecule has 3 rings (SSSR count). The lowest BCUT2D eigenvalue weighted by Gasteiger charge is -2.26. The van der Waals surface area contributed by atoms with Crippen molar-refractivity contribution in [3.63, 3.8) is 0 Å². The van der Waals surface area contributed by atoms with Crippen LogP contribution in [0.1, 0.15) is 63.9 Å². The Morgan fingerprint density at radius 1 is 1.04 bits per heavy atom. The van der Waals surface area contributed by atoms with Crippen molar-refractivity contribution >= 4 is 25.6 Å². The highest BCUT2D eigenvalue weighted by Crippen LogP contribution is 2.33. The van der Waals surface area contributed by atoms with E-state index >= 15 is 0 Å². The van der Waals surface area contributed by atoms with Crippen LogP contribution < -0.4 is 0 Å². The average molecular weight is 413 g/mol. The minimum Gasteiger partial charge on any atom is -0.229 e. The van der Waals surface area contributed by atoms with Crippen molar-refractivity contribution in [2.24, 2.45) is 5.10 Å². The van der Waals surface area contributed by atoms with Gasteiger partial charge in [-0.15, -0.1) is 0 Å². The van der Waals surface area contributed by atoms with Gasteiger partial charge < -0.3 is 0 Å². The molecule has 1 aliphatic carbocycles. The van der Waals surface area contributed by atoms with Crippen LogP contribution in [0.5, 0.6) is 0 Å². The summed E-state index contributed by atoms with van der Waals surface area (Å²) < 4.78 is 51.1. The molecule has 0 aromatic heterocycles. The molecule has 1 saturated carbocycles. The van der Waals surface area contributed by atoms with E-state index in [9.17, 15) is 16.8 Å². The second kappa shape index (κ2) is 7.91. The first-order valence-electron chi connectivity index (χ1n) is 9.56. The Labute approximate surface area is 162 Å². The summed E-state index contributed by atoms with van der Waals surface area (Å²) in [6.45, 7) is 3.41. The lowest BCUT2D eigenvalue weighted by atomic mass is 9.84. The highest BCUT2D eigenvalue weighted by atomic mass is 32.2. The first-order valence-corrected chi connectivity index (χ1v) is 12.8. The van der Waals surface area contributed by atoms with Gasteiger partial charge in [0.2, 0.25) is 0 Å². The summed E-state index contributed by atoms with van der Waals surface area (Å²) in [6.07, 6.45) is 6.29. The van der Waals surface area contributed by atoms with Crippen LogP contribution in [0.2, 0.25) is 0 Å².